The number of methoxy groups -OCH3 is 1. The zero-order chi connectivity index (χ0) is 29.5. The van der Waals surface area contributed by atoms with Crippen LogP contribution in [0.3, 0.4) is 0 Å². The molecule has 1 aliphatic heterocycles. The molecular formula is C27H35N5O7S2. The molecule has 12 nitrogen and oxygen atoms in total. The van der Waals surface area contributed by atoms with Crippen LogP contribution in [0.5, 0.6) is 5.88 Å². The number of hydrogen-bond acceptors (Lipinski definition) is 12. The number of aromatic nitrogens is 2. The predicted octanol–water partition coefficient (Wildman–Crippen LogP) is 3.16. The molecule has 222 valence electrons. The number of sulfone groups is 1. The average molecular weight is 606 g/mol. The highest BCUT2D eigenvalue weighted by molar-refractivity contribution is 7.91. The molecule has 0 bridgehead atoms. The van der Waals surface area contributed by atoms with Crippen LogP contribution in [0.4, 0.5) is 5.13 Å². The number of carbonyl (C=O) groups excluding carboxylic acids is 1. The third-order valence-corrected chi connectivity index (χ3v) is 8.79. The molecular weight excluding hydrogens is 570 g/mol. The molecule has 1 amide bonds. The van der Waals surface area contributed by atoms with Gasteiger partial charge in [-0.1, -0.05) is 28.6 Å². The molecule has 3 N–H and O–H groups in total. The lowest BCUT2D eigenvalue weighted by Crippen LogP contribution is -2.33. The number of pyridine rings is 1. The van der Waals surface area contributed by atoms with E-state index in [1.165, 1.54) is 42.7 Å². The van der Waals surface area contributed by atoms with Gasteiger partial charge >= 0.3 is 0 Å². The second-order valence-corrected chi connectivity index (χ2v) is 13.3. The van der Waals surface area contributed by atoms with Crippen LogP contribution in [0.15, 0.2) is 46.4 Å². The lowest BCUT2D eigenvalue weighted by atomic mass is 10.0. The first-order valence-electron chi connectivity index (χ1n) is 13.2. The van der Waals surface area contributed by atoms with Gasteiger partial charge in [0, 0.05) is 37.3 Å². The van der Waals surface area contributed by atoms with Crippen LogP contribution < -0.4 is 15.8 Å². The molecule has 0 spiro atoms. The maximum atomic E-state index is 13.4. The molecule has 0 unspecified atom stereocenters. The van der Waals surface area contributed by atoms with Crippen molar-refractivity contribution in [3.05, 3.63) is 42.0 Å². The van der Waals surface area contributed by atoms with E-state index in [1.54, 1.807) is 12.1 Å². The second kappa shape index (κ2) is 13.7. The Morgan fingerprint density at radius 2 is 1.98 bits per heavy atom. The van der Waals surface area contributed by atoms with Crippen molar-refractivity contribution in [1.82, 2.24) is 9.97 Å². The number of carbonyl (C=O) groups is 1. The smallest absolute Gasteiger partial charge is 0.280 e. The van der Waals surface area contributed by atoms with Crippen LogP contribution in [0, 0.1) is 0 Å². The number of fused-ring (bicyclic) bond motifs is 1. The van der Waals surface area contributed by atoms with Gasteiger partial charge in [-0.15, -0.1) is 0 Å². The standard InChI is InChI=1S/C27H35N5O7S2/c1-27(2,28)12-15-38-22-10-9-21-25(30-22)40-26(29-21)31-24(33)23(32-39-19-11-14-37-17-19)18-5-7-20(8-6-18)41(34,35)16-4-13-36-3/h5-10,19H,4,11-17,28H2,1-3H3,(H,29,31,33)/t19-/m1/s1. The fourth-order valence-electron chi connectivity index (χ4n) is 3.79. The molecule has 4 rings (SSSR count). The number of amides is 1. The molecule has 0 aliphatic carbocycles. The first-order valence-corrected chi connectivity index (χ1v) is 15.7. The lowest BCUT2D eigenvalue weighted by molar-refractivity contribution is -0.110. The SMILES string of the molecule is COCCCS(=O)(=O)c1ccc(C(=NO[C@@H]2CCOC2)C(=O)Nc2nc3ccc(OCCC(C)(C)N)nc3s2)cc1. The van der Waals surface area contributed by atoms with E-state index in [2.05, 4.69) is 20.4 Å². The number of ether oxygens (including phenoxy) is 3. The summed E-state index contributed by atoms with van der Waals surface area (Å²) in [6.45, 7) is 5.54. The minimum atomic E-state index is -3.50. The quantitative estimate of drug-likeness (QED) is 0.158. The number of nitrogens with zero attached hydrogens (tertiary/aromatic N) is 3. The summed E-state index contributed by atoms with van der Waals surface area (Å²) in [7, 11) is -1.98. The number of hydrogen-bond donors (Lipinski definition) is 2. The minimum absolute atomic E-state index is 0.0270. The summed E-state index contributed by atoms with van der Waals surface area (Å²) in [4.78, 5) is 28.6. The Hall–Kier alpha value is -3.17. The van der Waals surface area contributed by atoms with Gasteiger partial charge in [0.05, 0.1) is 30.5 Å². The number of anilines is 1. The van der Waals surface area contributed by atoms with E-state index < -0.39 is 15.7 Å². The van der Waals surface area contributed by atoms with Crippen molar-refractivity contribution in [1.29, 1.82) is 0 Å². The Bertz CT molecular complexity index is 1460. The van der Waals surface area contributed by atoms with E-state index in [4.69, 9.17) is 24.8 Å². The Labute approximate surface area is 243 Å². The van der Waals surface area contributed by atoms with E-state index in [0.29, 0.717) is 72.6 Å². The predicted molar refractivity (Wildman–Crippen MR) is 156 cm³/mol. The first-order chi connectivity index (χ1) is 19.5. The zero-order valence-electron chi connectivity index (χ0n) is 23.3. The summed E-state index contributed by atoms with van der Waals surface area (Å²) in [5.74, 6) is -0.175. The largest absolute Gasteiger partial charge is 0.478 e. The summed E-state index contributed by atoms with van der Waals surface area (Å²) in [6, 6.07) is 9.44. The molecule has 0 radical (unpaired) electrons. The van der Waals surface area contributed by atoms with Gasteiger partial charge in [-0.25, -0.2) is 18.4 Å². The molecule has 1 saturated heterocycles. The number of oxime groups is 1. The van der Waals surface area contributed by atoms with Gasteiger partial charge in [0.25, 0.3) is 5.91 Å². The van der Waals surface area contributed by atoms with Crippen LogP contribution in [0.2, 0.25) is 0 Å². The summed E-state index contributed by atoms with van der Waals surface area (Å²) >= 11 is 1.19. The summed E-state index contributed by atoms with van der Waals surface area (Å²) in [6.07, 6.45) is 1.40. The highest BCUT2D eigenvalue weighted by atomic mass is 32.2. The topological polar surface area (TPSA) is 164 Å². The van der Waals surface area contributed by atoms with Crippen molar-refractivity contribution in [2.24, 2.45) is 10.9 Å². The van der Waals surface area contributed by atoms with Gasteiger partial charge in [-0.3, -0.25) is 10.1 Å². The van der Waals surface area contributed by atoms with Gasteiger partial charge < -0.3 is 24.8 Å². The van der Waals surface area contributed by atoms with Crippen LogP contribution in [-0.4, -0.2) is 80.9 Å². The normalized spacial score (nSPS) is 16.2. The molecule has 2 aromatic heterocycles. The fourth-order valence-corrected chi connectivity index (χ4v) is 5.90. The zero-order valence-corrected chi connectivity index (χ0v) is 24.9. The van der Waals surface area contributed by atoms with E-state index >= 15 is 0 Å². The lowest BCUT2D eigenvalue weighted by Gasteiger charge is -2.17. The van der Waals surface area contributed by atoms with E-state index in [0.717, 1.165) is 0 Å². The number of nitrogens with two attached hydrogens (primary N) is 1. The monoisotopic (exact) mass is 605 g/mol. The van der Waals surface area contributed by atoms with Gasteiger partial charge in [0.15, 0.2) is 26.8 Å². The van der Waals surface area contributed by atoms with Crippen LogP contribution in [-0.2, 0) is 28.9 Å². The maximum absolute atomic E-state index is 13.4. The maximum Gasteiger partial charge on any atom is 0.280 e. The summed E-state index contributed by atoms with van der Waals surface area (Å²) in [5, 5.41) is 7.21. The van der Waals surface area contributed by atoms with Gasteiger partial charge in [-0.2, -0.15) is 0 Å². The van der Waals surface area contributed by atoms with Crippen molar-refractivity contribution in [3.8, 4) is 5.88 Å². The van der Waals surface area contributed by atoms with E-state index in [-0.39, 0.29) is 28.0 Å². The molecule has 14 heteroatoms. The van der Waals surface area contributed by atoms with Gasteiger partial charge in [0.1, 0.15) is 10.3 Å². The molecule has 3 heterocycles. The summed E-state index contributed by atoms with van der Waals surface area (Å²) in [5.41, 5.74) is 6.61. The number of benzene rings is 1. The molecule has 1 aromatic carbocycles. The number of rotatable bonds is 14. The van der Waals surface area contributed by atoms with Crippen molar-refractivity contribution in [3.63, 3.8) is 0 Å². The van der Waals surface area contributed by atoms with Crippen LogP contribution in [0.25, 0.3) is 10.3 Å². The molecule has 3 aromatic rings. The Morgan fingerprint density at radius 1 is 1.20 bits per heavy atom. The van der Waals surface area contributed by atoms with Crippen LogP contribution >= 0.6 is 11.3 Å². The van der Waals surface area contributed by atoms with Gasteiger partial charge in [-0.05, 0) is 44.9 Å². The van der Waals surface area contributed by atoms with E-state index in [1.807, 2.05) is 13.8 Å². The second-order valence-electron chi connectivity index (χ2n) is 10.3. The minimum Gasteiger partial charge on any atom is -0.478 e. The Kier molecular flexibility index (Phi) is 10.3. The molecule has 1 aliphatic rings. The fraction of sp³-hybridized carbons (Fsp3) is 0.481. The highest BCUT2D eigenvalue weighted by Gasteiger charge is 2.23. The number of nitrogens with one attached hydrogen (secondary N) is 1. The Balaban J connectivity index is 1.51. The average Bonchev–Trinajstić information content (AvgIpc) is 3.58. The molecule has 1 atom stereocenters. The number of thiazole rings is 1. The van der Waals surface area contributed by atoms with Gasteiger partial charge in [0.2, 0.25) is 5.88 Å². The van der Waals surface area contributed by atoms with Crippen molar-refractivity contribution in [2.45, 2.75) is 49.6 Å². The van der Waals surface area contributed by atoms with Crippen molar-refractivity contribution < 1.29 is 32.3 Å². The molecule has 0 saturated carbocycles. The third-order valence-electron chi connectivity index (χ3n) is 6.09. The van der Waals surface area contributed by atoms with Crippen LogP contribution in [0.1, 0.15) is 38.7 Å². The van der Waals surface area contributed by atoms with E-state index in [9.17, 15) is 13.2 Å². The highest BCUT2D eigenvalue weighted by Crippen LogP contribution is 2.27. The van der Waals surface area contributed by atoms with Crippen molar-refractivity contribution in [2.75, 3.05) is 44.6 Å². The Morgan fingerprint density at radius 3 is 2.66 bits per heavy atom. The molecule has 41 heavy (non-hydrogen) atoms. The van der Waals surface area contributed by atoms with Crippen molar-refractivity contribution >= 4 is 48.3 Å². The third kappa shape index (κ3) is 8.91. The molecule has 1 fully saturated rings. The first kappa shape index (κ1) is 30.8. The summed E-state index contributed by atoms with van der Waals surface area (Å²) < 4.78 is 41.3.